The van der Waals surface area contributed by atoms with Gasteiger partial charge in [0.2, 0.25) is 5.91 Å². The predicted molar refractivity (Wildman–Crippen MR) is 103 cm³/mol. The van der Waals surface area contributed by atoms with Crippen molar-refractivity contribution in [3.8, 4) is 0 Å². The van der Waals surface area contributed by atoms with Crippen LogP contribution >= 0.6 is 0 Å². The third-order valence-electron chi connectivity index (χ3n) is 5.13. The van der Waals surface area contributed by atoms with Gasteiger partial charge in [-0.05, 0) is 24.3 Å². The first kappa shape index (κ1) is 19.4. The van der Waals surface area contributed by atoms with Crippen molar-refractivity contribution in [1.82, 2.24) is 14.7 Å². The van der Waals surface area contributed by atoms with Crippen LogP contribution in [0.15, 0.2) is 30.3 Å². The number of carbonyl (C=O) groups is 3. The fourth-order valence-electron chi connectivity index (χ4n) is 3.43. The van der Waals surface area contributed by atoms with Gasteiger partial charge in [-0.25, -0.2) is 0 Å². The molecule has 2 fully saturated rings. The average molecular weight is 371 g/mol. The summed E-state index contributed by atoms with van der Waals surface area (Å²) < 4.78 is 0. The molecule has 0 spiro atoms. The second kappa shape index (κ2) is 8.55. The maximum atomic E-state index is 12.8. The van der Waals surface area contributed by atoms with Crippen molar-refractivity contribution in [3.63, 3.8) is 0 Å². The lowest BCUT2D eigenvalue weighted by molar-refractivity contribution is -0.154. The van der Waals surface area contributed by atoms with Crippen LogP contribution in [0.3, 0.4) is 0 Å². The molecule has 0 unspecified atom stereocenters. The molecule has 0 radical (unpaired) electrons. The number of nitrogens with zero attached hydrogens (tertiary/aromatic N) is 3. The van der Waals surface area contributed by atoms with Crippen LogP contribution in [0.5, 0.6) is 0 Å². The minimum absolute atomic E-state index is 0.132. The van der Waals surface area contributed by atoms with Crippen LogP contribution < -0.4 is 0 Å². The Morgan fingerprint density at radius 2 is 1.59 bits per heavy atom. The van der Waals surface area contributed by atoms with Crippen LogP contribution in [-0.4, -0.2) is 64.6 Å². The first-order valence-corrected chi connectivity index (χ1v) is 9.87. The second-order valence-electron chi connectivity index (χ2n) is 7.92. The first-order valence-electron chi connectivity index (χ1n) is 9.87. The quantitative estimate of drug-likeness (QED) is 0.743. The van der Waals surface area contributed by atoms with Crippen LogP contribution in [0.25, 0.3) is 0 Å². The molecule has 0 bridgehead atoms. The molecule has 1 aromatic carbocycles. The number of amides is 3. The zero-order valence-electron chi connectivity index (χ0n) is 16.3. The molecule has 0 N–H and O–H groups in total. The van der Waals surface area contributed by atoms with Crippen LogP contribution in [0, 0.1) is 5.92 Å². The molecule has 6 nitrogen and oxygen atoms in total. The van der Waals surface area contributed by atoms with Crippen LogP contribution in [0.4, 0.5) is 0 Å². The van der Waals surface area contributed by atoms with E-state index in [4.69, 9.17) is 0 Å². The highest BCUT2D eigenvalue weighted by Gasteiger charge is 2.38. The van der Waals surface area contributed by atoms with Crippen molar-refractivity contribution in [2.24, 2.45) is 5.92 Å². The molecule has 0 atom stereocenters. The molecule has 1 saturated carbocycles. The fraction of sp³-hybridized carbons (Fsp3) is 0.571. The Hall–Kier alpha value is -2.37. The third-order valence-corrected chi connectivity index (χ3v) is 5.13. The SMILES string of the molecule is CC(C)CC(=O)N1CCN(C(=O)C(=O)N(Cc2ccccc2)C2CC2)CC1. The third kappa shape index (κ3) is 5.08. The molecule has 2 aliphatic rings. The van der Waals surface area contributed by atoms with Crippen molar-refractivity contribution in [3.05, 3.63) is 35.9 Å². The Morgan fingerprint density at radius 3 is 2.15 bits per heavy atom. The van der Waals surface area contributed by atoms with E-state index >= 15 is 0 Å². The standard InChI is InChI=1S/C21H29N3O3/c1-16(2)14-19(25)22-10-12-23(13-11-22)20(26)21(27)24(18-8-9-18)15-17-6-4-3-5-7-17/h3-7,16,18H,8-15H2,1-2H3. The fourth-order valence-corrected chi connectivity index (χ4v) is 3.43. The summed E-state index contributed by atoms with van der Waals surface area (Å²) in [6.07, 6.45) is 2.45. The molecule has 146 valence electrons. The molecular formula is C21H29N3O3. The minimum Gasteiger partial charge on any atom is -0.339 e. The van der Waals surface area contributed by atoms with Crippen molar-refractivity contribution < 1.29 is 14.4 Å². The Kier molecular flexibility index (Phi) is 6.14. The molecule has 1 aliphatic carbocycles. The summed E-state index contributed by atoms with van der Waals surface area (Å²) in [4.78, 5) is 42.9. The molecule has 1 aromatic rings. The number of piperazine rings is 1. The number of hydrogen-bond donors (Lipinski definition) is 0. The molecule has 27 heavy (non-hydrogen) atoms. The van der Waals surface area contributed by atoms with E-state index < -0.39 is 11.8 Å². The number of hydrogen-bond acceptors (Lipinski definition) is 3. The van der Waals surface area contributed by atoms with E-state index in [-0.39, 0.29) is 11.9 Å². The van der Waals surface area contributed by atoms with E-state index in [0.29, 0.717) is 45.1 Å². The van der Waals surface area contributed by atoms with Crippen molar-refractivity contribution in [2.45, 2.75) is 45.7 Å². The van der Waals surface area contributed by atoms with E-state index in [0.717, 1.165) is 18.4 Å². The number of carbonyl (C=O) groups excluding carboxylic acids is 3. The summed E-state index contributed by atoms with van der Waals surface area (Å²) in [5, 5.41) is 0. The van der Waals surface area contributed by atoms with Gasteiger partial charge in [0.1, 0.15) is 0 Å². The summed E-state index contributed by atoms with van der Waals surface area (Å²) in [5.41, 5.74) is 1.04. The molecule has 0 aromatic heterocycles. The average Bonchev–Trinajstić information content (AvgIpc) is 3.50. The van der Waals surface area contributed by atoms with Gasteiger partial charge < -0.3 is 14.7 Å². The summed E-state index contributed by atoms with van der Waals surface area (Å²) >= 11 is 0. The summed E-state index contributed by atoms with van der Waals surface area (Å²) in [6.45, 7) is 6.39. The molecule has 6 heteroatoms. The van der Waals surface area contributed by atoms with Gasteiger partial charge in [0.25, 0.3) is 0 Å². The van der Waals surface area contributed by atoms with Gasteiger partial charge in [-0.1, -0.05) is 44.2 Å². The summed E-state index contributed by atoms with van der Waals surface area (Å²) in [7, 11) is 0. The molecule has 1 aliphatic heterocycles. The number of benzene rings is 1. The van der Waals surface area contributed by atoms with Crippen LogP contribution in [0.2, 0.25) is 0 Å². The molecule has 1 heterocycles. The summed E-state index contributed by atoms with van der Waals surface area (Å²) in [5.74, 6) is -0.395. The molecule has 1 saturated heterocycles. The molecule has 3 rings (SSSR count). The lowest BCUT2D eigenvalue weighted by atomic mass is 10.1. The van der Waals surface area contributed by atoms with Gasteiger partial charge in [-0.3, -0.25) is 14.4 Å². The van der Waals surface area contributed by atoms with Crippen molar-refractivity contribution in [1.29, 1.82) is 0 Å². The van der Waals surface area contributed by atoms with Crippen LogP contribution in [-0.2, 0) is 20.9 Å². The van der Waals surface area contributed by atoms with Gasteiger partial charge in [0.15, 0.2) is 0 Å². The van der Waals surface area contributed by atoms with Gasteiger partial charge in [-0.15, -0.1) is 0 Å². The zero-order chi connectivity index (χ0) is 19.4. The monoisotopic (exact) mass is 371 g/mol. The lowest BCUT2D eigenvalue weighted by Gasteiger charge is -2.35. The highest BCUT2D eigenvalue weighted by molar-refractivity contribution is 6.35. The maximum Gasteiger partial charge on any atom is 0.312 e. The van der Waals surface area contributed by atoms with Gasteiger partial charge in [0, 0.05) is 45.2 Å². The lowest BCUT2D eigenvalue weighted by Crippen LogP contribution is -2.54. The van der Waals surface area contributed by atoms with Gasteiger partial charge >= 0.3 is 11.8 Å². The highest BCUT2D eigenvalue weighted by Crippen LogP contribution is 2.29. The first-order chi connectivity index (χ1) is 13.0. The van der Waals surface area contributed by atoms with Gasteiger partial charge in [-0.2, -0.15) is 0 Å². The van der Waals surface area contributed by atoms with Crippen molar-refractivity contribution >= 4 is 17.7 Å². The molecule has 3 amide bonds. The number of rotatable bonds is 5. The van der Waals surface area contributed by atoms with E-state index in [2.05, 4.69) is 0 Å². The van der Waals surface area contributed by atoms with E-state index in [1.807, 2.05) is 44.2 Å². The molecular weight excluding hydrogens is 342 g/mol. The maximum absolute atomic E-state index is 12.8. The highest BCUT2D eigenvalue weighted by atomic mass is 16.2. The summed E-state index contributed by atoms with van der Waals surface area (Å²) in [6, 6.07) is 9.96. The smallest absolute Gasteiger partial charge is 0.312 e. The van der Waals surface area contributed by atoms with Crippen LogP contribution in [0.1, 0.15) is 38.7 Å². The normalized spacial score (nSPS) is 17.1. The zero-order valence-corrected chi connectivity index (χ0v) is 16.3. The topological polar surface area (TPSA) is 60.9 Å². The van der Waals surface area contributed by atoms with Crippen molar-refractivity contribution in [2.75, 3.05) is 26.2 Å². The largest absolute Gasteiger partial charge is 0.339 e. The van der Waals surface area contributed by atoms with E-state index in [1.54, 1.807) is 14.7 Å². The van der Waals surface area contributed by atoms with E-state index in [9.17, 15) is 14.4 Å². The Labute approximate surface area is 161 Å². The Bertz CT molecular complexity index is 677. The predicted octanol–water partition coefficient (Wildman–Crippen LogP) is 1.89. The van der Waals surface area contributed by atoms with Gasteiger partial charge in [0.05, 0.1) is 0 Å². The second-order valence-corrected chi connectivity index (χ2v) is 7.92. The minimum atomic E-state index is -0.436. The Balaban J connectivity index is 1.56. The Morgan fingerprint density at radius 1 is 1.00 bits per heavy atom. The van der Waals surface area contributed by atoms with E-state index in [1.165, 1.54) is 0 Å².